The molecule has 4 rings (SSSR count). The third kappa shape index (κ3) is 2.68. The number of nitriles is 1. The molecule has 0 spiro atoms. The number of hydrogen-bond acceptors (Lipinski definition) is 3. The summed E-state index contributed by atoms with van der Waals surface area (Å²) >= 11 is 0. The fourth-order valence-electron chi connectivity index (χ4n) is 3.58. The molecule has 0 bridgehead atoms. The Morgan fingerprint density at radius 3 is 2.54 bits per heavy atom. The Kier molecular flexibility index (Phi) is 3.79. The van der Waals surface area contributed by atoms with E-state index >= 15 is 0 Å². The third-order valence-electron chi connectivity index (χ3n) is 4.95. The van der Waals surface area contributed by atoms with Gasteiger partial charge in [-0.25, -0.2) is 0 Å². The molecule has 0 saturated carbocycles. The van der Waals surface area contributed by atoms with Crippen LogP contribution in [-0.2, 0) is 17.9 Å². The summed E-state index contributed by atoms with van der Waals surface area (Å²) in [5.74, 6) is 0.226. The minimum absolute atomic E-state index is 0.00249. The lowest BCUT2D eigenvalue weighted by Crippen LogP contribution is -2.40. The van der Waals surface area contributed by atoms with Crippen LogP contribution < -0.4 is 5.32 Å². The van der Waals surface area contributed by atoms with Crippen molar-refractivity contribution < 1.29 is 4.79 Å². The van der Waals surface area contributed by atoms with Gasteiger partial charge in [0.15, 0.2) is 0 Å². The van der Waals surface area contributed by atoms with Crippen molar-refractivity contribution in [3.05, 3.63) is 59.2 Å². The first kappa shape index (κ1) is 14.9. The molecule has 2 aromatic carbocycles. The molecule has 4 nitrogen and oxygen atoms in total. The standard InChI is InChI=1S/C20H19N3O/c21-11-14-3-5-15(6-4-14)16-7-8-17-12-23(13-18(17)10-16)20(24)19-2-1-9-22-19/h3-8,10,19,22H,1-2,9,12-13H2. The minimum atomic E-state index is -0.00249. The van der Waals surface area contributed by atoms with E-state index in [-0.39, 0.29) is 11.9 Å². The van der Waals surface area contributed by atoms with E-state index in [1.165, 1.54) is 11.1 Å². The highest BCUT2D eigenvalue weighted by Crippen LogP contribution is 2.29. The first-order chi connectivity index (χ1) is 11.7. The van der Waals surface area contributed by atoms with Gasteiger partial charge in [-0.15, -0.1) is 0 Å². The predicted octanol–water partition coefficient (Wildman–Crippen LogP) is 2.82. The van der Waals surface area contributed by atoms with Crippen LogP contribution in [-0.4, -0.2) is 23.4 Å². The van der Waals surface area contributed by atoms with Gasteiger partial charge in [0.25, 0.3) is 0 Å². The topological polar surface area (TPSA) is 56.1 Å². The first-order valence-electron chi connectivity index (χ1n) is 8.39. The zero-order chi connectivity index (χ0) is 16.5. The van der Waals surface area contributed by atoms with Crippen LogP contribution in [0.25, 0.3) is 11.1 Å². The van der Waals surface area contributed by atoms with Crippen LogP contribution in [0.4, 0.5) is 0 Å². The van der Waals surface area contributed by atoms with E-state index < -0.39 is 0 Å². The summed E-state index contributed by atoms with van der Waals surface area (Å²) in [4.78, 5) is 14.5. The second kappa shape index (κ2) is 6.10. The molecule has 2 heterocycles. The second-order valence-corrected chi connectivity index (χ2v) is 6.52. The summed E-state index contributed by atoms with van der Waals surface area (Å²) in [7, 11) is 0. The summed E-state index contributed by atoms with van der Waals surface area (Å²) in [6.07, 6.45) is 2.03. The number of carbonyl (C=O) groups excluding carboxylic acids is 1. The Balaban J connectivity index is 1.54. The van der Waals surface area contributed by atoms with Crippen LogP contribution in [0.2, 0.25) is 0 Å². The van der Waals surface area contributed by atoms with Gasteiger partial charge in [0.05, 0.1) is 17.7 Å². The molecule has 2 aromatic rings. The van der Waals surface area contributed by atoms with Crippen molar-refractivity contribution in [1.82, 2.24) is 10.2 Å². The van der Waals surface area contributed by atoms with Gasteiger partial charge in [0.1, 0.15) is 0 Å². The zero-order valence-electron chi connectivity index (χ0n) is 13.5. The van der Waals surface area contributed by atoms with Crippen molar-refractivity contribution in [3.8, 4) is 17.2 Å². The number of hydrogen-bond donors (Lipinski definition) is 1. The van der Waals surface area contributed by atoms with E-state index in [4.69, 9.17) is 5.26 Å². The molecule has 1 unspecified atom stereocenters. The van der Waals surface area contributed by atoms with Crippen LogP contribution in [0.1, 0.15) is 29.5 Å². The van der Waals surface area contributed by atoms with Crippen molar-refractivity contribution in [1.29, 1.82) is 5.26 Å². The lowest BCUT2D eigenvalue weighted by molar-refractivity contribution is -0.133. The van der Waals surface area contributed by atoms with E-state index in [2.05, 4.69) is 29.6 Å². The minimum Gasteiger partial charge on any atom is -0.333 e. The van der Waals surface area contributed by atoms with Gasteiger partial charge in [0, 0.05) is 13.1 Å². The van der Waals surface area contributed by atoms with Gasteiger partial charge in [0.2, 0.25) is 5.91 Å². The van der Waals surface area contributed by atoms with E-state index in [1.54, 1.807) is 0 Å². The molecule has 120 valence electrons. The summed E-state index contributed by atoms with van der Waals surface area (Å²) in [6, 6.07) is 16.2. The van der Waals surface area contributed by atoms with Crippen LogP contribution in [0.5, 0.6) is 0 Å². The molecular weight excluding hydrogens is 298 g/mol. The van der Waals surface area contributed by atoms with Gasteiger partial charge in [-0.1, -0.05) is 24.3 Å². The Morgan fingerprint density at radius 1 is 1.08 bits per heavy atom. The lowest BCUT2D eigenvalue weighted by Gasteiger charge is -2.19. The van der Waals surface area contributed by atoms with Crippen LogP contribution >= 0.6 is 0 Å². The number of benzene rings is 2. The summed E-state index contributed by atoms with van der Waals surface area (Å²) in [5.41, 5.74) is 5.35. The van der Waals surface area contributed by atoms with Gasteiger partial charge < -0.3 is 10.2 Å². The van der Waals surface area contributed by atoms with Crippen molar-refractivity contribution in [3.63, 3.8) is 0 Å². The van der Waals surface area contributed by atoms with Gasteiger partial charge in [-0.2, -0.15) is 5.26 Å². The first-order valence-corrected chi connectivity index (χ1v) is 8.39. The highest BCUT2D eigenvalue weighted by atomic mass is 16.2. The number of nitrogens with zero attached hydrogens (tertiary/aromatic N) is 2. The predicted molar refractivity (Wildman–Crippen MR) is 91.9 cm³/mol. The molecule has 0 aliphatic carbocycles. The highest BCUT2D eigenvalue weighted by Gasteiger charge is 2.30. The van der Waals surface area contributed by atoms with Crippen molar-refractivity contribution in [2.75, 3.05) is 6.54 Å². The van der Waals surface area contributed by atoms with Gasteiger partial charge >= 0.3 is 0 Å². The molecule has 0 aromatic heterocycles. The normalized spacial score (nSPS) is 19.1. The lowest BCUT2D eigenvalue weighted by atomic mass is 10.00. The average Bonchev–Trinajstić information content (AvgIpc) is 3.30. The maximum absolute atomic E-state index is 12.6. The molecule has 2 aliphatic heterocycles. The Hall–Kier alpha value is -2.64. The van der Waals surface area contributed by atoms with E-state index in [0.717, 1.165) is 30.5 Å². The molecular formula is C20H19N3O. The largest absolute Gasteiger partial charge is 0.333 e. The van der Waals surface area contributed by atoms with Crippen LogP contribution in [0, 0.1) is 11.3 Å². The number of amides is 1. The molecule has 1 N–H and O–H groups in total. The van der Waals surface area contributed by atoms with Gasteiger partial charge in [-0.05, 0) is 59.8 Å². The molecule has 2 aliphatic rings. The Bertz CT molecular complexity index is 814. The Morgan fingerprint density at radius 2 is 1.83 bits per heavy atom. The molecule has 1 saturated heterocycles. The number of nitrogens with one attached hydrogen (secondary N) is 1. The molecule has 24 heavy (non-hydrogen) atoms. The van der Waals surface area contributed by atoms with Crippen LogP contribution in [0.3, 0.4) is 0 Å². The molecule has 4 heteroatoms. The summed E-state index contributed by atoms with van der Waals surface area (Å²) in [5, 5.41) is 12.2. The third-order valence-corrected chi connectivity index (χ3v) is 4.95. The second-order valence-electron chi connectivity index (χ2n) is 6.52. The maximum atomic E-state index is 12.6. The van der Waals surface area contributed by atoms with E-state index in [0.29, 0.717) is 18.7 Å². The molecule has 1 atom stereocenters. The summed E-state index contributed by atoms with van der Waals surface area (Å²) < 4.78 is 0. The smallest absolute Gasteiger partial charge is 0.240 e. The maximum Gasteiger partial charge on any atom is 0.240 e. The highest BCUT2D eigenvalue weighted by molar-refractivity contribution is 5.83. The van der Waals surface area contributed by atoms with E-state index in [1.807, 2.05) is 29.2 Å². The van der Waals surface area contributed by atoms with Crippen LogP contribution in [0.15, 0.2) is 42.5 Å². The Labute approximate surface area is 141 Å². The number of fused-ring (bicyclic) bond motifs is 1. The SMILES string of the molecule is N#Cc1ccc(-c2ccc3c(c2)CN(C(=O)C2CCCN2)C3)cc1. The average molecular weight is 317 g/mol. The summed E-state index contributed by atoms with van der Waals surface area (Å²) in [6.45, 7) is 2.34. The molecule has 1 fully saturated rings. The number of rotatable bonds is 2. The zero-order valence-corrected chi connectivity index (χ0v) is 13.5. The quantitative estimate of drug-likeness (QED) is 0.926. The van der Waals surface area contributed by atoms with Crippen molar-refractivity contribution >= 4 is 5.91 Å². The van der Waals surface area contributed by atoms with Crippen molar-refractivity contribution in [2.24, 2.45) is 0 Å². The molecule has 1 amide bonds. The fourth-order valence-corrected chi connectivity index (χ4v) is 3.58. The number of carbonyl (C=O) groups is 1. The monoisotopic (exact) mass is 317 g/mol. The fraction of sp³-hybridized carbons (Fsp3) is 0.300. The van der Waals surface area contributed by atoms with Crippen molar-refractivity contribution in [2.45, 2.75) is 32.0 Å². The molecule has 0 radical (unpaired) electrons. The van der Waals surface area contributed by atoms with E-state index in [9.17, 15) is 4.79 Å². The van der Waals surface area contributed by atoms with Gasteiger partial charge in [-0.3, -0.25) is 4.79 Å².